The number of hydrogen-bond donors (Lipinski definition) is 0. The number of hydrogen-bond acceptors (Lipinski definition) is 6. The van der Waals surface area contributed by atoms with Gasteiger partial charge < -0.3 is 14.4 Å². The van der Waals surface area contributed by atoms with Gasteiger partial charge in [0.15, 0.2) is 0 Å². The summed E-state index contributed by atoms with van der Waals surface area (Å²) in [5.41, 5.74) is 1.65. The van der Waals surface area contributed by atoms with Crippen LogP contribution >= 0.6 is 11.6 Å². The van der Waals surface area contributed by atoms with Gasteiger partial charge in [0.1, 0.15) is 19.0 Å². The van der Waals surface area contributed by atoms with E-state index in [1.807, 2.05) is 12.1 Å². The molecule has 1 saturated heterocycles. The van der Waals surface area contributed by atoms with Crippen LogP contribution in [0.5, 0.6) is 0 Å². The highest BCUT2D eigenvalue weighted by Crippen LogP contribution is 2.34. The van der Waals surface area contributed by atoms with Crippen molar-refractivity contribution in [2.45, 2.75) is 12.5 Å². The smallest absolute Gasteiger partial charge is 0.262 e. The van der Waals surface area contributed by atoms with Crippen molar-refractivity contribution < 1.29 is 23.5 Å². The Morgan fingerprint density at radius 1 is 1.17 bits per heavy atom. The molecular formula is C26H30ClFN4O4. The Kier molecular flexibility index (Phi) is 9.03. The van der Waals surface area contributed by atoms with Gasteiger partial charge in [-0.3, -0.25) is 14.5 Å². The lowest BCUT2D eigenvalue weighted by Gasteiger charge is -2.31. The van der Waals surface area contributed by atoms with Gasteiger partial charge in [0.25, 0.3) is 5.91 Å². The van der Waals surface area contributed by atoms with Crippen molar-refractivity contribution in [3.05, 3.63) is 70.5 Å². The molecule has 2 amide bonds. The van der Waals surface area contributed by atoms with E-state index in [2.05, 4.69) is 10.0 Å². The molecule has 0 saturated carbocycles. The minimum Gasteiger partial charge on any atom is -0.379 e. The maximum absolute atomic E-state index is 14.5. The number of methoxy groups -OCH3 is 1. The van der Waals surface area contributed by atoms with Crippen LogP contribution in [0.2, 0.25) is 5.02 Å². The molecule has 0 N–H and O–H groups in total. The largest absolute Gasteiger partial charge is 0.379 e. The van der Waals surface area contributed by atoms with Gasteiger partial charge in [-0.1, -0.05) is 41.9 Å². The third-order valence-electron chi connectivity index (χ3n) is 6.34. The van der Waals surface area contributed by atoms with Crippen LogP contribution in [0.15, 0.2) is 53.6 Å². The number of amides is 2. The van der Waals surface area contributed by atoms with E-state index in [9.17, 15) is 14.0 Å². The first kappa shape index (κ1) is 26.2. The molecule has 0 bridgehead atoms. The first-order chi connectivity index (χ1) is 17.5. The van der Waals surface area contributed by atoms with Crippen LogP contribution in [0.4, 0.5) is 4.39 Å². The van der Waals surface area contributed by atoms with Crippen molar-refractivity contribution in [1.82, 2.24) is 14.8 Å². The van der Waals surface area contributed by atoms with Crippen molar-refractivity contribution >= 4 is 29.1 Å². The molecule has 0 spiro atoms. The number of morpholine rings is 1. The number of rotatable bonds is 9. The fourth-order valence-electron chi connectivity index (χ4n) is 4.37. The predicted molar refractivity (Wildman–Crippen MR) is 134 cm³/mol. The SMILES string of the molecule is COCC(=O)N(CCN1CCOCC1)CC(=O)N1N=C(c2ccccc2F)C[C@@H]1c1ccc(Cl)cc1. The van der Waals surface area contributed by atoms with E-state index in [1.54, 1.807) is 30.3 Å². The molecule has 2 aromatic rings. The summed E-state index contributed by atoms with van der Waals surface area (Å²) in [6, 6.07) is 13.1. The molecule has 4 rings (SSSR count). The second-order valence-corrected chi connectivity index (χ2v) is 9.18. The third kappa shape index (κ3) is 6.47. The molecule has 0 unspecified atom stereocenters. The Labute approximate surface area is 215 Å². The van der Waals surface area contributed by atoms with E-state index >= 15 is 0 Å². The molecule has 36 heavy (non-hydrogen) atoms. The summed E-state index contributed by atoms with van der Waals surface area (Å²) < 4.78 is 25.0. The summed E-state index contributed by atoms with van der Waals surface area (Å²) in [7, 11) is 1.45. The van der Waals surface area contributed by atoms with E-state index in [4.69, 9.17) is 21.1 Å². The summed E-state index contributed by atoms with van der Waals surface area (Å²) >= 11 is 6.07. The molecule has 10 heteroatoms. The standard InChI is InChI=1S/C26H30ClFN4O4/c1-35-18-26(34)31(11-10-30-12-14-36-15-13-30)17-25(33)32-24(19-6-8-20(27)9-7-19)16-23(29-32)21-4-2-3-5-22(21)28/h2-9,24H,10-18H2,1H3/t24-/m1/s1. The van der Waals surface area contributed by atoms with Crippen LogP contribution < -0.4 is 0 Å². The average molecular weight is 517 g/mol. The molecule has 2 aromatic carbocycles. The molecule has 0 aliphatic carbocycles. The van der Waals surface area contributed by atoms with Crippen LogP contribution in [0.3, 0.4) is 0 Å². The molecule has 2 heterocycles. The number of halogens is 2. The highest BCUT2D eigenvalue weighted by Gasteiger charge is 2.35. The van der Waals surface area contributed by atoms with Gasteiger partial charge in [-0.2, -0.15) is 5.10 Å². The van der Waals surface area contributed by atoms with Gasteiger partial charge in [0, 0.05) is 50.3 Å². The van der Waals surface area contributed by atoms with Gasteiger partial charge in [-0.25, -0.2) is 9.40 Å². The van der Waals surface area contributed by atoms with Gasteiger partial charge in [0.2, 0.25) is 5.91 Å². The molecule has 2 aliphatic rings. The topological polar surface area (TPSA) is 74.7 Å². The van der Waals surface area contributed by atoms with Crippen LogP contribution in [0.25, 0.3) is 0 Å². The number of carbonyl (C=O) groups is 2. The minimum atomic E-state index is -0.442. The Bertz CT molecular complexity index is 1090. The van der Waals surface area contributed by atoms with Crippen molar-refractivity contribution in [2.24, 2.45) is 5.10 Å². The third-order valence-corrected chi connectivity index (χ3v) is 6.59. The van der Waals surface area contributed by atoms with Gasteiger partial charge in [-0.15, -0.1) is 0 Å². The van der Waals surface area contributed by atoms with E-state index in [0.29, 0.717) is 49.0 Å². The molecule has 2 aliphatic heterocycles. The molecular weight excluding hydrogens is 487 g/mol. The molecule has 192 valence electrons. The van der Waals surface area contributed by atoms with Crippen LogP contribution in [0.1, 0.15) is 23.6 Å². The zero-order valence-electron chi connectivity index (χ0n) is 20.2. The van der Waals surface area contributed by atoms with E-state index in [0.717, 1.165) is 18.7 Å². The van der Waals surface area contributed by atoms with Crippen molar-refractivity contribution in [1.29, 1.82) is 0 Å². The lowest BCUT2D eigenvalue weighted by atomic mass is 9.98. The Hall–Kier alpha value is -2.85. The van der Waals surface area contributed by atoms with Gasteiger partial charge in [-0.05, 0) is 23.8 Å². The van der Waals surface area contributed by atoms with Gasteiger partial charge >= 0.3 is 0 Å². The fraction of sp³-hybridized carbons (Fsp3) is 0.423. The Morgan fingerprint density at radius 3 is 2.58 bits per heavy atom. The number of carbonyl (C=O) groups excluding carboxylic acids is 2. The summed E-state index contributed by atoms with van der Waals surface area (Å²) in [6.45, 7) is 3.56. The quantitative estimate of drug-likeness (QED) is 0.512. The van der Waals surface area contributed by atoms with Crippen molar-refractivity contribution in [3.63, 3.8) is 0 Å². The van der Waals surface area contributed by atoms with E-state index < -0.39 is 11.9 Å². The first-order valence-electron chi connectivity index (χ1n) is 11.9. The van der Waals surface area contributed by atoms with E-state index in [-0.39, 0.29) is 25.0 Å². The average Bonchev–Trinajstić information content (AvgIpc) is 3.33. The summed E-state index contributed by atoms with van der Waals surface area (Å²) in [4.78, 5) is 30.0. The lowest BCUT2D eigenvalue weighted by Crippen LogP contribution is -2.47. The van der Waals surface area contributed by atoms with E-state index in [1.165, 1.54) is 23.1 Å². The zero-order valence-corrected chi connectivity index (χ0v) is 21.0. The monoisotopic (exact) mass is 516 g/mol. The molecule has 8 nitrogen and oxygen atoms in total. The molecule has 1 fully saturated rings. The molecule has 0 radical (unpaired) electrons. The summed E-state index contributed by atoms with van der Waals surface area (Å²) in [5.74, 6) is -1.03. The number of benzene rings is 2. The molecule has 0 aromatic heterocycles. The van der Waals surface area contributed by atoms with Crippen LogP contribution in [-0.4, -0.2) is 92.0 Å². The Morgan fingerprint density at radius 2 is 1.89 bits per heavy atom. The normalized spacial score (nSPS) is 18.2. The highest BCUT2D eigenvalue weighted by atomic mass is 35.5. The van der Waals surface area contributed by atoms with Crippen LogP contribution in [-0.2, 0) is 19.1 Å². The summed E-state index contributed by atoms with van der Waals surface area (Å²) in [5, 5.41) is 6.48. The van der Waals surface area contributed by atoms with Crippen molar-refractivity contribution in [2.75, 3.05) is 59.7 Å². The fourth-order valence-corrected chi connectivity index (χ4v) is 4.50. The molecule has 1 atom stereocenters. The first-order valence-corrected chi connectivity index (χ1v) is 12.3. The zero-order chi connectivity index (χ0) is 25.5. The summed E-state index contributed by atoms with van der Waals surface area (Å²) in [6.07, 6.45) is 0.341. The number of hydrazone groups is 1. The predicted octanol–water partition coefficient (Wildman–Crippen LogP) is 2.96. The Balaban J connectivity index is 1.55. The lowest BCUT2D eigenvalue weighted by molar-refractivity contribution is -0.143. The second-order valence-electron chi connectivity index (χ2n) is 8.74. The second kappa shape index (κ2) is 12.4. The number of nitrogens with zero attached hydrogens (tertiary/aromatic N) is 4. The maximum Gasteiger partial charge on any atom is 0.262 e. The maximum atomic E-state index is 14.5. The highest BCUT2D eigenvalue weighted by molar-refractivity contribution is 6.30. The minimum absolute atomic E-state index is 0.124. The van der Waals surface area contributed by atoms with Crippen molar-refractivity contribution in [3.8, 4) is 0 Å². The van der Waals surface area contributed by atoms with Gasteiger partial charge in [0.05, 0.1) is 25.0 Å². The van der Waals surface area contributed by atoms with Crippen LogP contribution in [0, 0.1) is 5.82 Å². The number of ether oxygens (including phenoxy) is 2.